The Kier molecular flexibility index (Phi) is 3.20. The van der Waals surface area contributed by atoms with Crippen LogP contribution in [0.1, 0.15) is 13.3 Å². The molecular formula is C7H13NO2S. The van der Waals surface area contributed by atoms with E-state index in [-0.39, 0.29) is 12.0 Å². The monoisotopic (exact) mass is 175 g/mol. The fourth-order valence-electron chi connectivity index (χ4n) is 1.23. The molecule has 1 aliphatic rings. The molecule has 11 heavy (non-hydrogen) atoms. The Hall–Kier alpha value is -0.220. The first-order chi connectivity index (χ1) is 5.24. The van der Waals surface area contributed by atoms with E-state index in [1.165, 1.54) is 12.0 Å². The lowest BCUT2D eigenvalue weighted by atomic mass is 10.3. The van der Waals surface area contributed by atoms with Crippen LogP contribution in [0.4, 0.5) is 0 Å². The summed E-state index contributed by atoms with van der Waals surface area (Å²) in [5.74, 6) is 0.150. The van der Waals surface area contributed by atoms with Gasteiger partial charge in [0.15, 0.2) is 0 Å². The van der Waals surface area contributed by atoms with Crippen LogP contribution < -0.4 is 0 Å². The van der Waals surface area contributed by atoms with Gasteiger partial charge < -0.3 is 9.08 Å². The Morgan fingerprint density at radius 1 is 1.73 bits per heavy atom. The minimum Gasteiger partial charge on any atom is -0.340 e. The highest BCUT2D eigenvalue weighted by Gasteiger charge is 2.24. The molecule has 0 aliphatic carbocycles. The van der Waals surface area contributed by atoms with Crippen LogP contribution in [-0.4, -0.2) is 36.3 Å². The normalized spacial score (nSPS) is 24.2. The highest BCUT2D eigenvalue weighted by Crippen LogP contribution is 2.16. The topological polar surface area (TPSA) is 29.5 Å². The van der Waals surface area contributed by atoms with Crippen LogP contribution in [0.3, 0.4) is 0 Å². The van der Waals surface area contributed by atoms with Gasteiger partial charge in [0.2, 0.25) is 5.91 Å². The number of rotatable bonds is 2. The summed E-state index contributed by atoms with van der Waals surface area (Å²) in [6.07, 6.45) is 3.12. The summed E-state index contributed by atoms with van der Waals surface area (Å²) in [7, 11) is 0. The summed E-state index contributed by atoms with van der Waals surface area (Å²) in [6.45, 7) is 3.21. The first kappa shape index (κ1) is 8.87. The van der Waals surface area contributed by atoms with E-state index in [0.29, 0.717) is 0 Å². The van der Waals surface area contributed by atoms with E-state index >= 15 is 0 Å². The van der Waals surface area contributed by atoms with Gasteiger partial charge >= 0.3 is 0 Å². The van der Waals surface area contributed by atoms with Gasteiger partial charge in [-0.25, -0.2) is 0 Å². The van der Waals surface area contributed by atoms with Gasteiger partial charge in [0.05, 0.1) is 6.10 Å². The standard InChI is InChI=1S/C7H13NO2S/c1-6(9)8-4-3-7(5-8)10-11-2/h7H,3-5H2,1-2H3. The molecule has 1 unspecified atom stereocenters. The first-order valence-electron chi connectivity index (χ1n) is 3.69. The highest BCUT2D eigenvalue weighted by molar-refractivity contribution is 7.93. The molecule has 3 nitrogen and oxygen atoms in total. The molecule has 4 heteroatoms. The number of nitrogens with zero attached hydrogens (tertiary/aromatic N) is 1. The zero-order valence-corrected chi connectivity index (χ0v) is 7.69. The third-order valence-corrected chi connectivity index (χ3v) is 2.29. The molecule has 0 spiro atoms. The molecule has 0 aromatic rings. The van der Waals surface area contributed by atoms with Crippen molar-refractivity contribution in [1.82, 2.24) is 4.90 Å². The van der Waals surface area contributed by atoms with Crippen molar-refractivity contribution in [2.45, 2.75) is 19.4 Å². The lowest BCUT2D eigenvalue weighted by Crippen LogP contribution is -2.27. The maximum Gasteiger partial charge on any atom is 0.219 e. The number of carbonyl (C=O) groups is 1. The van der Waals surface area contributed by atoms with E-state index in [1.54, 1.807) is 6.92 Å². The van der Waals surface area contributed by atoms with Crippen molar-refractivity contribution in [1.29, 1.82) is 0 Å². The third-order valence-electron chi connectivity index (χ3n) is 1.82. The Balaban J connectivity index is 2.29. The Morgan fingerprint density at radius 2 is 2.45 bits per heavy atom. The quantitative estimate of drug-likeness (QED) is 0.584. The summed E-state index contributed by atoms with van der Waals surface area (Å²) < 4.78 is 5.31. The largest absolute Gasteiger partial charge is 0.340 e. The molecule has 1 aliphatic heterocycles. The Bertz CT molecular complexity index is 151. The van der Waals surface area contributed by atoms with E-state index < -0.39 is 0 Å². The average molecular weight is 175 g/mol. The first-order valence-corrected chi connectivity index (χ1v) is 4.84. The van der Waals surface area contributed by atoms with Crippen molar-refractivity contribution >= 4 is 17.9 Å². The van der Waals surface area contributed by atoms with Gasteiger partial charge in [0.25, 0.3) is 0 Å². The van der Waals surface area contributed by atoms with Gasteiger partial charge in [-0.05, 0) is 18.5 Å². The number of amides is 1. The maximum atomic E-state index is 10.9. The van der Waals surface area contributed by atoms with Crippen molar-refractivity contribution in [2.24, 2.45) is 0 Å². The zero-order chi connectivity index (χ0) is 8.27. The maximum absolute atomic E-state index is 10.9. The molecule has 0 aromatic heterocycles. The molecule has 0 aromatic carbocycles. The second-order valence-electron chi connectivity index (χ2n) is 2.64. The van der Waals surface area contributed by atoms with Gasteiger partial charge in [0.1, 0.15) is 0 Å². The minimum absolute atomic E-state index is 0.150. The van der Waals surface area contributed by atoms with E-state index in [1.807, 2.05) is 11.2 Å². The van der Waals surface area contributed by atoms with Crippen molar-refractivity contribution in [3.63, 3.8) is 0 Å². The summed E-state index contributed by atoms with van der Waals surface area (Å²) in [5.41, 5.74) is 0. The van der Waals surface area contributed by atoms with Gasteiger partial charge in [0, 0.05) is 26.3 Å². The van der Waals surface area contributed by atoms with Crippen LogP contribution >= 0.6 is 12.0 Å². The van der Waals surface area contributed by atoms with Crippen molar-refractivity contribution in [3.05, 3.63) is 0 Å². The number of carbonyl (C=O) groups excluding carboxylic acids is 1. The Labute approximate surface area is 71.3 Å². The molecule has 0 N–H and O–H groups in total. The molecule has 1 rings (SSSR count). The lowest BCUT2D eigenvalue weighted by Gasteiger charge is -2.12. The molecule has 0 bridgehead atoms. The van der Waals surface area contributed by atoms with Crippen molar-refractivity contribution in [2.75, 3.05) is 19.3 Å². The van der Waals surface area contributed by atoms with Crippen LogP contribution in [0.2, 0.25) is 0 Å². The summed E-state index contributed by atoms with van der Waals surface area (Å²) in [5, 5.41) is 0. The zero-order valence-electron chi connectivity index (χ0n) is 6.87. The molecular weight excluding hydrogens is 162 g/mol. The van der Waals surface area contributed by atoms with E-state index in [2.05, 4.69) is 0 Å². The number of hydrogen-bond acceptors (Lipinski definition) is 3. The molecule has 0 saturated carbocycles. The van der Waals surface area contributed by atoms with Crippen LogP contribution in [0.15, 0.2) is 0 Å². The van der Waals surface area contributed by atoms with Crippen LogP contribution in [0.25, 0.3) is 0 Å². The summed E-state index contributed by atoms with van der Waals surface area (Å²) in [6, 6.07) is 0. The highest BCUT2D eigenvalue weighted by atomic mass is 32.2. The van der Waals surface area contributed by atoms with Gasteiger partial charge in [-0.3, -0.25) is 4.79 Å². The summed E-state index contributed by atoms with van der Waals surface area (Å²) in [4.78, 5) is 12.7. The minimum atomic E-state index is 0.150. The second kappa shape index (κ2) is 3.97. The van der Waals surface area contributed by atoms with Gasteiger partial charge in [-0.1, -0.05) is 0 Å². The second-order valence-corrected chi connectivity index (χ2v) is 3.16. The predicted molar refractivity (Wildman–Crippen MR) is 45.3 cm³/mol. The molecule has 0 radical (unpaired) electrons. The fourth-order valence-corrected chi connectivity index (χ4v) is 1.66. The van der Waals surface area contributed by atoms with Gasteiger partial charge in [-0.2, -0.15) is 0 Å². The van der Waals surface area contributed by atoms with E-state index in [4.69, 9.17) is 4.18 Å². The fraction of sp³-hybridized carbons (Fsp3) is 0.857. The predicted octanol–water partition coefficient (Wildman–Crippen LogP) is 0.902. The molecule has 64 valence electrons. The molecule has 1 fully saturated rings. The van der Waals surface area contributed by atoms with E-state index in [0.717, 1.165) is 19.5 Å². The SMILES string of the molecule is CSOC1CCN(C(C)=O)C1. The molecule has 1 amide bonds. The van der Waals surface area contributed by atoms with E-state index in [9.17, 15) is 4.79 Å². The van der Waals surface area contributed by atoms with Crippen LogP contribution in [0, 0.1) is 0 Å². The lowest BCUT2D eigenvalue weighted by molar-refractivity contribution is -0.128. The van der Waals surface area contributed by atoms with Crippen molar-refractivity contribution < 1.29 is 8.98 Å². The van der Waals surface area contributed by atoms with Gasteiger partial charge in [-0.15, -0.1) is 0 Å². The summed E-state index contributed by atoms with van der Waals surface area (Å²) >= 11 is 1.37. The third kappa shape index (κ3) is 2.38. The number of hydrogen-bond donors (Lipinski definition) is 0. The molecule has 1 heterocycles. The average Bonchev–Trinajstić information content (AvgIpc) is 2.37. The molecule has 1 saturated heterocycles. The van der Waals surface area contributed by atoms with Crippen LogP contribution in [0.5, 0.6) is 0 Å². The Morgan fingerprint density at radius 3 is 2.91 bits per heavy atom. The smallest absolute Gasteiger partial charge is 0.219 e. The van der Waals surface area contributed by atoms with Crippen LogP contribution in [-0.2, 0) is 8.98 Å². The molecule has 1 atom stereocenters. The number of likely N-dealkylation sites (tertiary alicyclic amines) is 1. The van der Waals surface area contributed by atoms with Crippen molar-refractivity contribution in [3.8, 4) is 0 Å².